The van der Waals surface area contributed by atoms with Gasteiger partial charge >= 0.3 is 0 Å². The first-order valence-electron chi connectivity index (χ1n) is 18.9. The number of benzene rings is 8. The number of hydrogen-bond acceptors (Lipinski definition) is 2. The van der Waals surface area contributed by atoms with E-state index < -0.39 is 0 Å². The molecular weight excluding hydrogens is 669 g/mol. The predicted molar refractivity (Wildman–Crippen MR) is 229 cm³/mol. The zero-order chi connectivity index (χ0) is 36.5. The van der Waals surface area contributed by atoms with Crippen molar-refractivity contribution in [2.75, 3.05) is 0 Å². The molecule has 0 fully saturated rings. The van der Waals surface area contributed by atoms with Crippen LogP contribution in [0, 0.1) is 0 Å². The largest absolute Gasteiger partial charge is 0.456 e. The summed E-state index contributed by atoms with van der Waals surface area (Å²) < 4.78 is 9.15. The standard InChI is InChI=1S/C52H36N2O/c1-33-40-20-11-12-21-41(40)52(53-51(33)36-18-9-4-10-19-36)43-22-13-23-48-50(43)42-27-26-39(32-49(42)55-48)54-46-28-24-37(34-14-5-2-6-15-34)30-44(46)45-31-38(25-29-47(45)54)35-16-7-3-8-17-35/h2-32,51-53H,1H2. The lowest BCUT2D eigenvalue weighted by molar-refractivity contribution is 0.545. The maximum absolute atomic E-state index is 6.76. The number of rotatable bonds is 5. The summed E-state index contributed by atoms with van der Waals surface area (Å²) in [5.41, 5.74) is 15.9. The van der Waals surface area contributed by atoms with E-state index in [-0.39, 0.29) is 12.1 Å². The van der Waals surface area contributed by atoms with E-state index in [1.807, 2.05) is 0 Å². The number of fused-ring (bicyclic) bond motifs is 7. The van der Waals surface area contributed by atoms with Gasteiger partial charge < -0.3 is 8.98 Å². The van der Waals surface area contributed by atoms with Crippen LogP contribution in [0.15, 0.2) is 199 Å². The molecule has 0 radical (unpaired) electrons. The van der Waals surface area contributed by atoms with E-state index in [0.717, 1.165) is 44.2 Å². The molecule has 2 unspecified atom stereocenters. The topological polar surface area (TPSA) is 30.1 Å². The first-order chi connectivity index (χ1) is 27.2. The lowest BCUT2D eigenvalue weighted by atomic mass is 9.81. The minimum absolute atomic E-state index is 0.0127. The zero-order valence-electron chi connectivity index (χ0n) is 30.1. The molecule has 10 aromatic rings. The molecule has 2 aromatic heterocycles. The molecule has 3 nitrogen and oxygen atoms in total. The lowest BCUT2D eigenvalue weighted by Gasteiger charge is -2.36. The molecule has 260 valence electrons. The van der Waals surface area contributed by atoms with E-state index in [1.165, 1.54) is 55.3 Å². The molecule has 2 atom stereocenters. The average molecular weight is 705 g/mol. The van der Waals surface area contributed by atoms with Gasteiger partial charge in [0.2, 0.25) is 0 Å². The Kier molecular flexibility index (Phi) is 7.23. The van der Waals surface area contributed by atoms with E-state index in [4.69, 9.17) is 4.42 Å². The molecule has 0 saturated heterocycles. The van der Waals surface area contributed by atoms with Crippen molar-refractivity contribution in [1.29, 1.82) is 0 Å². The van der Waals surface area contributed by atoms with Crippen molar-refractivity contribution >= 4 is 49.3 Å². The molecule has 11 rings (SSSR count). The van der Waals surface area contributed by atoms with Crippen molar-refractivity contribution in [3.05, 3.63) is 217 Å². The van der Waals surface area contributed by atoms with Crippen molar-refractivity contribution < 1.29 is 4.42 Å². The Morgan fingerprint density at radius 1 is 0.455 bits per heavy atom. The summed E-state index contributed by atoms with van der Waals surface area (Å²) in [6.07, 6.45) is 0. The second-order valence-electron chi connectivity index (χ2n) is 14.6. The molecule has 1 aliphatic rings. The van der Waals surface area contributed by atoms with Gasteiger partial charge in [-0.15, -0.1) is 0 Å². The van der Waals surface area contributed by atoms with Gasteiger partial charge in [-0.3, -0.25) is 5.32 Å². The highest BCUT2D eigenvalue weighted by Gasteiger charge is 2.32. The molecule has 0 amide bonds. The summed E-state index contributed by atoms with van der Waals surface area (Å²) in [5, 5.41) is 8.68. The smallest absolute Gasteiger partial charge is 0.137 e. The number of hydrogen-bond donors (Lipinski definition) is 1. The van der Waals surface area contributed by atoms with Gasteiger partial charge in [0, 0.05) is 33.3 Å². The molecule has 3 heterocycles. The molecule has 55 heavy (non-hydrogen) atoms. The fourth-order valence-corrected chi connectivity index (χ4v) is 8.90. The normalized spacial score (nSPS) is 15.6. The van der Waals surface area contributed by atoms with Crippen molar-refractivity contribution in [3.8, 4) is 27.9 Å². The van der Waals surface area contributed by atoms with Crippen molar-refractivity contribution in [2.45, 2.75) is 12.1 Å². The minimum Gasteiger partial charge on any atom is -0.456 e. The van der Waals surface area contributed by atoms with Crippen LogP contribution >= 0.6 is 0 Å². The van der Waals surface area contributed by atoms with Crippen LogP contribution in [0.4, 0.5) is 0 Å². The molecule has 1 aliphatic heterocycles. The highest BCUT2D eigenvalue weighted by Crippen LogP contribution is 2.45. The van der Waals surface area contributed by atoms with Crippen LogP contribution in [0.5, 0.6) is 0 Å². The summed E-state index contributed by atoms with van der Waals surface area (Å²) in [7, 11) is 0. The first-order valence-corrected chi connectivity index (χ1v) is 18.9. The molecule has 0 aliphatic carbocycles. The van der Waals surface area contributed by atoms with Gasteiger partial charge in [0.05, 0.1) is 23.1 Å². The molecule has 1 N–H and O–H groups in total. The Balaban J connectivity index is 1.09. The second-order valence-corrected chi connectivity index (χ2v) is 14.6. The van der Waals surface area contributed by atoms with E-state index in [1.54, 1.807) is 0 Å². The molecule has 0 bridgehead atoms. The third-order valence-corrected chi connectivity index (χ3v) is 11.5. The number of aromatic nitrogens is 1. The van der Waals surface area contributed by atoms with E-state index in [0.29, 0.717) is 0 Å². The number of furan rings is 1. The Morgan fingerprint density at radius 2 is 1.05 bits per heavy atom. The van der Waals surface area contributed by atoms with Gasteiger partial charge in [-0.2, -0.15) is 0 Å². The van der Waals surface area contributed by atoms with Crippen LogP contribution in [-0.4, -0.2) is 4.57 Å². The van der Waals surface area contributed by atoms with Crippen LogP contribution in [-0.2, 0) is 0 Å². The molecule has 8 aromatic carbocycles. The van der Waals surface area contributed by atoms with Gasteiger partial charge in [-0.25, -0.2) is 0 Å². The van der Waals surface area contributed by atoms with Gasteiger partial charge in [0.25, 0.3) is 0 Å². The van der Waals surface area contributed by atoms with E-state index in [2.05, 4.69) is 205 Å². The lowest BCUT2D eigenvalue weighted by Crippen LogP contribution is -2.33. The summed E-state index contributed by atoms with van der Waals surface area (Å²) in [5.74, 6) is 0. The van der Waals surface area contributed by atoms with Gasteiger partial charge in [0.15, 0.2) is 0 Å². The summed E-state index contributed by atoms with van der Waals surface area (Å²) >= 11 is 0. The van der Waals surface area contributed by atoms with E-state index >= 15 is 0 Å². The maximum atomic E-state index is 6.76. The molecule has 0 spiro atoms. The minimum atomic E-state index is -0.0500. The average Bonchev–Trinajstić information content (AvgIpc) is 3.79. The highest BCUT2D eigenvalue weighted by atomic mass is 16.3. The SMILES string of the molecule is C=C1c2ccccc2C(c2cccc3oc4cc(-n5c6ccc(-c7ccccc7)cc6c6cc(-c7ccccc7)ccc65)ccc4c23)NC1c1ccccc1. The molecule has 3 heteroatoms. The second kappa shape index (κ2) is 12.6. The molecular formula is C52H36N2O. The fraction of sp³-hybridized carbons (Fsp3) is 0.0385. The van der Waals surface area contributed by atoms with Crippen LogP contribution in [0.3, 0.4) is 0 Å². The van der Waals surface area contributed by atoms with Crippen LogP contribution in [0.1, 0.15) is 34.3 Å². The first kappa shape index (κ1) is 31.6. The summed E-state index contributed by atoms with van der Waals surface area (Å²) in [4.78, 5) is 0. The van der Waals surface area contributed by atoms with Crippen LogP contribution in [0.25, 0.3) is 77.3 Å². The Bertz CT molecular complexity index is 2990. The van der Waals surface area contributed by atoms with Crippen molar-refractivity contribution in [3.63, 3.8) is 0 Å². The monoisotopic (exact) mass is 704 g/mol. The Morgan fingerprint density at radius 3 is 1.73 bits per heavy atom. The van der Waals surface area contributed by atoms with Gasteiger partial charge in [0.1, 0.15) is 11.2 Å². The Hall–Kier alpha value is -6.94. The Labute approximate surface area is 319 Å². The van der Waals surface area contributed by atoms with Gasteiger partial charge in [-0.05, 0) is 92.5 Å². The maximum Gasteiger partial charge on any atom is 0.137 e. The summed E-state index contributed by atoms with van der Waals surface area (Å²) in [6, 6.07) is 67.4. The van der Waals surface area contributed by atoms with Crippen molar-refractivity contribution in [2.24, 2.45) is 0 Å². The van der Waals surface area contributed by atoms with Crippen LogP contribution in [0.2, 0.25) is 0 Å². The predicted octanol–water partition coefficient (Wildman–Crippen LogP) is 13.5. The third kappa shape index (κ3) is 5.09. The zero-order valence-corrected chi connectivity index (χ0v) is 30.1. The molecule has 0 saturated carbocycles. The summed E-state index contributed by atoms with van der Waals surface area (Å²) in [6.45, 7) is 4.58. The third-order valence-electron chi connectivity index (χ3n) is 11.5. The van der Waals surface area contributed by atoms with Crippen LogP contribution < -0.4 is 5.32 Å². The highest BCUT2D eigenvalue weighted by molar-refractivity contribution is 6.12. The number of nitrogens with one attached hydrogen (secondary N) is 1. The van der Waals surface area contributed by atoms with Crippen molar-refractivity contribution in [1.82, 2.24) is 9.88 Å². The fourth-order valence-electron chi connectivity index (χ4n) is 8.90. The van der Waals surface area contributed by atoms with Gasteiger partial charge in [-0.1, -0.05) is 146 Å². The number of nitrogens with zero attached hydrogens (tertiary/aromatic N) is 1. The quantitative estimate of drug-likeness (QED) is 0.193. The van der Waals surface area contributed by atoms with E-state index in [9.17, 15) is 0 Å².